The number of benzene rings is 1. The van der Waals surface area contributed by atoms with Gasteiger partial charge in [-0.1, -0.05) is 0 Å². The van der Waals surface area contributed by atoms with Gasteiger partial charge in [0.05, 0.1) is 19.3 Å². The van der Waals surface area contributed by atoms with Gasteiger partial charge in [0.15, 0.2) is 11.2 Å². The molecule has 3 heterocycles. The number of hydrogen-bond acceptors (Lipinski definition) is 8. The van der Waals surface area contributed by atoms with E-state index >= 15 is 0 Å². The minimum Gasteiger partial charge on any atom is -0.486 e. The smallest absolute Gasteiger partial charge is 0.336 e. The lowest BCUT2D eigenvalue weighted by Crippen LogP contribution is -2.32. The normalized spacial score (nSPS) is 14.2. The van der Waals surface area contributed by atoms with Crippen molar-refractivity contribution in [3.63, 3.8) is 0 Å². The molecule has 1 aliphatic rings. The van der Waals surface area contributed by atoms with Crippen molar-refractivity contribution in [3.05, 3.63) is 40.9 Å². The molecule has 144 valence electrons. The third-order valence-electron chi connectivity index (χ3n) is 4.25. The van der Waals surface area contributed by atoms with Crippen LogP contribution in [0.15, 0.2) is 44.2 Å². The van der Waals surface area contributed by atoms with Crippen LogP contribution in [-0.4, -0.2) is 29.5 Å². The highest BCUT2D eigenvalue weighted by Gasteiger charge is 2.32. The van der Waals surface area contributed by atoms with Crippen LogP contribution in [-0.2, 0) is 19.2 Å². The Labute approximate surface area is 157 Å². The monoisotopic (exact) mass is 385 g/mol. The van der Waals surface area contributed by atoms with E-state index < -0.39 is 23.4 Å². The van der Waals surface area contributed by atoms with Gasteiger partial charge in [-0.2, -0.15) is 0 Å². The summed E-state index contributed by atoms with van der Waals surface area (Å²) in [6.45, 7) is 0.102. The molecule has 1 aliphatic heterocycles. The molecular formula is C19H15NO8. The minimum absolute atomic E-state index is 0.0423. The number of carbonyl (C=O) groups excluding carboxylic acids is 3. The maximum atomic E-state index is 11.8. The summed E-state index contributed by atoms with van der Waals surface area (Å²) in [4.78, 5) is 51.1. The lowest BCUT2D eigenvalue weighted by Gasteiger charge is -2.12. The first-order chi connectivity index (χ1) is 13.5. The molecule has 2 amide bonds. The summed E-state index contributed by atoms with van der Waals surface area (Å²) < 4.78 is 16.4. The molecule has 28 heavy (non-hydrogen) atoms. The van der Waals surface area contributed by atoms with E-state index in [1.54, 1.807) is 12.1 Å². The molecule has 0 aliphatic carbocycles. The van der Waals surface area contributed by atoms with Crippen molar-refractivity contribution in [2.24, 2.45) is 0 Å². The Morgan fingerprint density at radius 2 is 1.79 bits per heavy atom. The van der Waals surface area contributed by atoms with Crippen LogP contribution in [0.4, 0.5) is 0 Å². The molecule has 9 heteroatoms. The fourth-order valence-corrected chi connectivity index (χ4v) is 2.93. The largest absolute Gasteiger partial charge is 0.486 e. The van der Waals surface area contributed by atoms with Crippen molar-refractivity contribution in [1.29, 1.82) is 0 Å². The molecule has 0 spiro atoms. The van der Waals surface area contributed by atoms with Gasteiger partial charge < -0.3 is 18.4 Å². The fraction of sp³-hybridized carbons (Fsp3) is 0.263. The Morgan fingerprint density at radius 1 is 1.04 bits per heavy atom. The summed E-state index contributed by atoms with van der Waals surface area (Å²) in [5, 5.41) is 1.96. The molecule has 0 bridgehead atoms. The molecule has 0 N–H and O–H groups in total. The van der Waals surface area contributed by atoms with Crippen LogP contribution in [0.2, 0.25) is 0 Å². The van der Waals surface area contributed by atoms with E-state index in [-0.39, 0.29) is 43.6 Å². The highest BCUT2D eigenvalue weighted by Crippen LogP contribution is 2.35. The zero-order valence-electron chi connectivity index (χ0n) is 14.6. The number of nitrogens with zero attached hydrogens (tertiary/aromatic N) is 1. The molecule has 2 aromatic heterocycles. The average molecular weight is 385 g/mol. The van der Waals surface area contributed by atoms with Crippen LogP contribution in [0, 0.1) is 0 Å². The Bertz CT molecular complexity index is 1130. The minimum atomic E-state index is -0.709. The second-order valence-electron chi connectivity index (χ2n) is 6.21. The first-order valence-corrected chi connectivity index (χ1v) is 8.66. The zero-order valence-corrected chi connectivity index (χ0v) is 14.6. The maximum Gasteiger partial charge on any atom is 0.336 e. The third kappa shape index (κ3) is 3.34. The van der Waals surface area contributed by atoms with Crippen molar-refractivity contribution < 1.29 is 32.8 Å². The second kappa shape index (κ2) is 7.18. The SMILES string of the molecule is O=C(CCCOc1c2occc2cc2ccc(=O)oc12)ON1C(=O)CCC1=O. The summed E-state index contributed by atoms with van der Waals surface area (Å²) in [6, 6.07) is 6.51. The number of hydroxylamine groups is 2. The lowest BCUT2D eigenvalue weighted by molar-refractivity contribution is -0.197. The predicted molar refractivity (Wildman–Crippen MR) is 94.2 cm³/mol. The molecule has 1 fully saturated rings. The van der Waals surface area contributed by atoms with E-state index in [2.05, 4.69) is 0 Å². The van der Waals surface area contributed by atoms with Crippen LogP contribution in [0.25, 0.3) is 21.9 Å². The van der Waals surface area contributed by atoms with Gasteiger partial charge in [0.1, 0.15) is 0 Å². The quantitative estimate of drug-likeness (QED) is 0.360. The van der Waals surface area contributed by atoms with Gasteiger partial charge in [-0.15, -0.1) is 5.06 Å². The molecule has 9 nitrogen and oxygen atoms in total. The van der Waals surface area contributed by atoms with Crippen LogP contribution in [0.5, 0.6) is 5.75 Å². The number of hydrogen-bond donors (Lipinski definition) is 0. The van der Waals surface area contributed by atoms with Gasteiger partial charge in [-0.25, -0.2) is 9.59 Å². The summed E-state index contributed by atoms with van der Waals surface area (Å²) in [5.41, 5.74) is 0.162. The average Bonchev–Trinajstić information content (AvgIpc) is 3.26. The van der Waals surface area contributed by atoms with Crippen molar-refractivity contribution in [3.8, 4) is 5.75 Å². The first kappa shape index (κ1) is 17.8. The van der Waals surface area contributed by atoms with Gasteiger partial charge in [0.25, 0.3) is 11.8 Å². The molecule has 0 atom stereocenters. The summed E-state index contributed by atoms with van der Waals surface area (Å²) in [6.07, 6.45) is 1.77. The number of amides is 2. The van der Waals surface area contributed by atoms with E-state index in [4.69, 9.17) is 18.4 Å². The lowest BCUT2D eigenvalue weighted by atomic mass is 10.1. The van der Waals surface area contributed by atoms with Crippen LogP contribution in [0.3, 0.4) is 0 Å². The standard InChI is InChI=1S/C19H15NO8/c21-13-4-5-14(22)20(13)28-16(24)2-1-8-25-19-17-12(7-9-26-17)10-11-3-6-15(23)27-18(11)19/h3,6-7,9-10H,1-2,4-5,8H2. The van der Waals surface area contributed by atoms with Crippen molar-refractivity contribution >= 4 is 39.7 Å². The topological polar surface area (TPSA) is 116 Å². The van der Waals surface area contributed by atoms with Crippen molar-refractivity contribution in [2.45, 2.75) is 25.7 Å². The van der Waals surface area contributed by atoms with E-state index in [1.165, 1.54) is 12.3 Å². The van der Waals surface area contributed by atoms with Crippen LogP contribution < -0.4 is 10.4 Å². The van der Waals surface area contributed by atoms with Gasteiger partial charge in [-0.3, -0.25) is 9.59 Å². The molecule has 3 aromatic rings. The Morgan fingerprint density at radius 3 is 2.57 bits per heavy atom. The predicted octanol–water partition coefficient (Wildman–Crippen LogP) is 2.31. The zero-order chi connectivity index (χ0) is 19.7. The van der Waals surface area contributed by atoms with Crippen molar-refractivity contribution in [2.75, 3.05) is 6.61 Å². The molecule has 0 saturated carbocycles. The summed E-state index contributed by atoms with van der Waals surface area (Å²) in [7, 11) is 0. The molecule has 0 radical (unpaired) electrons. The van der Waals surface area contributed by atoms with Gasteiger partial charge >= 0.3 is 11.6 Å². The maximum absolute atomic E-state index is 11.8. The Hall–Kier alpha value is -3.62. The number of rotatable bonds is 6. The van der Waals surface area contributed by atoms with E-state index in [1.807, 2.05) is 6.07 Å². The number of imide groups is 1. The highest BCUT2D eigenvalue weighted by atomic mass is 16.7. The fourth-order valence-electron chi connectivity index (χ4n) is 2.93. The Kier molecular flexibility index (Phi) is 4.56. The van der Waals surface area contributed by atoms with Crippen LogP contribution in [0.1, 0.15) is 25.7 Å². The van der Waals surface area contributed by atoms with Gasteiger partial charge in [0.2, 0.25) is 5.75 Å². The number of fused-ring (bicyclic) bond motifs is 2. The number of carbonyl (C=O) groups is 3. The van der Waals surface area contributed by atoms with Gasteiger partial charge in [-0.05, 0) is 24.6 Å². The molecule has 1 saturated heterocycles. The summed E-state index contributed by atoms with van der Waals surface area (Å²) in [5.74, 6) is -1.49. The number of furan rings is 1. The number of ether oxygens (including phenoxy) is 1. The molecule has 1 aromatic carbocycles. The van der Waals surface area contributed by atoms with E-state index in [0.717, 1.165) is 5.39 Å². The molecule has 4 rings (SSSR count). The van der Waals surface area contributed by atoms with Crippen LogP contribution >= 0.6 is 0 Å². The summed E-state index contributed by atoms with van der Waals surface area (Å²) >= 11 is 0. The van der Waals surface area contributed by atoms with Crippen molar-refractivity contribution in [1.82, 2.24) is 5.06 Å². The molecule has 0 unspecified atom stereocenters. The Balaban J connectivity index is 1.42. The molecular weight excluding hydrogens is 370 g/mol. The third-order valence-corrected chi connectivity index (χ3v) is 4.25. The van der Waals surface area contributed by atoms with E-state index in [9.17, 15) is 19.2 Å². The van der Waals surface area contributed by atoms with Gasteiger partial charge in [0, 0.05) is 29.7 Å². The van der Waals surface area contributed by atoms with E-state index in [0.29, 0.717) is 16.0 Å². The highest BCUT2D eigenvalue weighted by molar-refractivity contribution is 6.01. The first-order valence-electron chi connectivity index (χ1n) is 8.66. The second-order valence-corrected chi connectivity index (χ2v) is 6.21.